The van der Waals surface area contributed by atoms with Crippen LogP contribution in [0.15, 0.2) is 15.9 Å². The maximum absolute atomic E-state index is 11.9. The second-order valence-corrected chi connectivity index (χ2v) is 8.12. The zero-order valence-electron chi connectivity index (χ0n) is 8.60. The zero-order valence-corrected chi connectivity index (χ0v) is 11.8. The number of aliphatic hydroxyl groups is 1. The Labute approximate surface area is 108 Å². The summed E-state index contributed by atoms with van der Waals surface area (Å²) < 4.78 is 24.5. The lowest BCUT2D eigenvalue weighted by molar-refractivity contribution is 0.167. The molecule has 1 saturated heterocycles. The van der Waals surface area contributed by atoms with Crippen molar-refractivity contribution in [3.8, 4) is 0 Å². The first kappa shape index (κ1) is 12.5. The van der Waals surface area contributed by atoms with E-state index in [4.69, 9.17) is 0 Å². The maximum atomic E-state index is 11.9. The summed E-state index contributed by atoms with van der Waals surface area (Å²) in [6, 6.07) is 1.83. The minimum absolute atomic E-state index is 0.206. The first-order valence-electron chi connectivity index (χ1n) is 5.15. The minimum atomic E-state index is -3.13. The van der Waals surface area contributed by atoms with E-state index in [1.165, 1.54) is 11.3 Å². The molecule has 2 unspecified atom stereocenters. The van der Waals surface area contributed by atoms with E-state index in [0.717, 1.165) is 22.2 Å². The van der Waals surface area contributed by atoms with Crippen molar-refractivity contribution in [3.05, 3.63) is 20.8 Å². The number of rotatable bonds is 2. The lowest BCUT2D eigenvalue weighted by atomic mass is 10.1. The molecule has 0 saturated carbocycles. The van der Waals surface area contributed by atoms with E-state index in [-0.39, 0.29) is 5.75 Å². The summed E-state index contributed by atoms with van der Waals surface area (Å²) in [6.07, 6.45) is 1.27. The molecule has 1 aromatic heterocycles. The Bertz CT molecular complexity index is 466. The van der Waals surface area contributed by atoms with Crippen LogP contribution in [0.5, 0.6) is 0 Å². The standard InChI is InChI=1S/C10H13BrO3S2/c11-7-4-5-15-10(7)9(12)8-3-1-2-6-16(8,13)14/h4-5,8-9,12H,1-3,6H2. The van der Waals surface area contributed by atoms with Gasteiger partial charge in [0, 0.05) is 9.35 Å². The van der Waals surface area contributed by atoms with Crippen molar-refractivity contribution in [1.82, 2.24) is 0 Å². The molecule has 2 atom stereocenters. The van der Waals surface area contributed by atoms with Crippen LogP contribution in [-0.4, -0.2) is 24.5 Å². The summed E-state index contributed by atoms with van der Waals surface area (Å²) in [5.41, 5.74) is 0. The Morgan fingerprint density at radius 1 is 1.50 bits per heavy atom. The molecule has 2 rings (SSSR count). The number of thiophene rings is 1. The van der Waals surface area contributed by atoms with E-state index in [1.54, 1.807) is 0 Å². The van der Waals surface area contributed by atoms with E-state index in [2.05, 4.69) is 15.9 Å². The Morgan fingerprint density at radius 2 is 2.25 bits per heavy atom. The lowest BCUT2D eigenvalue weighted by Gasteiger charge is -2.26. The second-order valence-electron chi connectivity index (χ2n) is 3.98. The van der Waals surface area contributed by atoms with Gasteiger partial charge < -0.3 is 5.11 Å². The van der Waals surface area contributed by atoms with Crippen LogP contribution in [0.2, 0.25) is 0 Å². The van der Waals surface area contributed by atoms with Gasteiger partial charge in [-0.25, -0.2) is 8.42 Å². The molecule has 0 aromatic carbocycles. The van der Waals surface area contributed by atoms with Crippen molar-refractivity contribution >= 4 is 37.1 Å². The van der Waals surface area contributed by atoms with Crippen molar-refractivity contribution in [2.45, 2.75) is 30.6 Å². The van der Waals surface area contributed by atoms with Gasteiger partial charge in [-0.05, 0) is 40.2 Å². The van der Waals surface area contributed by atoms with Crippen molar-refractivity contribution in [2.75, 3.05) is 5.75 Å². The lowest BCUT2D eigenvalue weighted by Crippen LogP contribution is -2.33. The average molecular weight is 325 g/mol. The van der Waals surface area contributed by atoms with Crippen molar-refractivity contribution < 1.29 is 13.5 Å². The van der Waals surface area contributed by atoms with Crippen molar-refractivity contribution in [2.24, 2.45) is 0 Å². The smallest absolute Gasteiger partial charge is 0.156 e. The third kappa shape index (κ3) is 2.34. The largest absolute Gasteiger partial charge is 0.386 e. The Kier molecular flexibility index (Phi) is 3.73. The summed E-state index contributed by atoms with van der Waals surface area (Å²) in [6.45, 7) is 0. The molecule has 1 N–H and O–H groups in total. The predicted octanol–water partition coefficient (Wildman–Crippen LogP) is 2.51. The maximum Gasteiger partial charge on any atom is 0.156 e. The quantitative estimate of drug-likeness (QED) is 0.909. The number of halogens is 1. The van der Waals surface area contributed by atoms with E-state index in [1.807, 2.05) is 11.4 Å². The van der Waals surface area contributed by atoms with Gasteiger partial charge in [-0.1, -0.05) is 6.42 Å². The Morgan fingerprint density at radius 3 is 2.81 bits per heavy atom. The van der Waals surface area contributed by atoms with Gasteiger partial charge in [-0.15, -0.1) is 11.3 Å². The Hall–Kier alpha value is 0.0900. The SMILES string of the molecule is O=S1(=O)CCCCC1C(O)c1sccc1Br. The van der Waals surface area contributed by atoms with E-state index >= 15 is 0 Å². The van der Waals surface area contributed by atoms with Crippen LogP contribution in [0, 0.1) is 0 Å². The van der Waals surface area contributed by atoms with Crippen LogP contribution in [0.3, 0.4) is 0 Å². The first-order chi connectivity index (χ1) is 7.52. The van der Waals surface area contributed by atoms with Crippen LogP contribution in [0.1, 0.15) is 30.2 Å². The first-order valence-corrected chi connectivity index (χ1v) is 8.54. The molecule has 0 spiro atoms. The highest BCUT2D eigenvalue weighted by Gasteiger charge is 2.36. The highest BCUT2D eigenvalue weighted by Crippen LogP contribution is 2.36. The van der Waals surface area contributed by atoms with Crippen LogP contribution in [0.25, 0.3) is 0 Å². The minimum Gasteiger partial charge on any atom is -0.386 e. The van der Waals surface area contributed by atoms with E-state index < -0.39 is 21.2 Å². The molecule has 90 valence electrons. The molecule has 2 heterocycles. The van der Waals surface area contributed by atoms with Crippen LogP contribution in [-0.2, 0) is 9.84 Å². The van der Waals surface area contributed by atoms with Gasteiger partial charge in [0.1, 0.15) is 6.10 Å². The summed E-state index contributed by atoms with van der Waals surface area (Å²) in [4.78, 5) is 0.718. The van der Waals surface area contributed by atoms with Gasteiger partial charge in [-0.2, -0.15) is 0 Å². The number of sulfone groups is 1. The molecular formula is C10H13BrO3S2. The average Bonchev–Trinajstić information content (AvgIpc) is 2.63. The number of aliphatic hydroxyl groups excluding tert-OH is 1. The molecule has 6 heteroatoms. The molecule has 1 aromatic rings. The van der Waals surface area contributed by atoms with Gasteiger partial charge in [-0.3, -0.25) is 0 Å². The number of hydrogen-bond donors (Lipinski definition) is 1. The van der Waals surface area contributed by atoms with Gasteiger partial charge in [0.2, 0.25) is 0 Å². The van der Waals surface area contributed by atoms with E-state index in [0.29, 0.717) is 6.42 Å². The molecule has 16 heavy (non-hydrogen) atoms. The predicted molar refractivity (Wildman–Crippen MR) is 68.4 cm³/mol. The second kappa shape index (κ2) is 4.76. The van der Waals surface area contributed by atoms with Crippen LogP contribution >= 0.6 is 27.3 Å². The molecule has 0 aliphatic carbocycles. The van der Waals surface area contributed by atoms with Crippen LogP contribution in [0.4, 0.5) is 0 Å². The van der Waals surface area contributed by atoms with Crippen molar-refractivity contribution in [1.29, 1.82) is 0 Å². The van der Waals surface area contributed by atoms with E-state index in [9.17, 15) is 13.5 Å². The molecule has 3 nitrogen and oxygen atoms in total. The summed E-state index contributed by atoms with van der Waals surface area (Å²) >= 11 is 4.72. The third-order valence-corrected chi connectivity index (χ3v) is 7.11. The topological polar surface area (TPSA) is 54.4 Å². The Balaban J connectivity index is 2.28. The van der Waals surface area contributed by atoms with Gasteiger partial charge in [0.15, 0.2) is 9.84 Å². The monoisotopic (exact) mass is 324 g/mol. The van der Waals surface area contributed by atoms with Gasteiger partial charge >= 0.3 is 0 Å². The fourth-order valence-electron chi connectivity index (χ4n) is 2.02. The third-order valence-electron chi connectivity index (χ3n) is 2.89. The highest BCUT2D eigenvalue weighted by atomic mass is 79.9. The van der Waals surface area contributed by atoms with Crippen molar-refractivity contribution in [3.63, 3.8) is 0 Å². The van der Waals surface area contributed by atoms with Gasteiger partial charge in [0.05, 0.1) is 11.0 Å². The fourth-order valence-corrected chi connectivity index (χ4v) is 5.73. The van der Waals surface area contributed by atoms with Gasteiger partial charge in [0.25, 0.3) is 0 Å². The molecule has 1 aliphatic heterocycles. The molecule has 0 amide bonds. The fraction of sp³-hybridized carbons (Fsp3) is 0.600. The molecule has 0 radical (unpaired) electrons. The zero-order chi connectivity index (χ0) is 11.8. The number of hydrogen-bond acceptors (Lipinski definition) is 4. The normalized spacial score (nSPS) is 26.5. The highest BCUT2D eigenvalue weighted by molar-refractivity contribution is 9.10. The molecule has 0 bridgehead atoms. The molecule has 1 fully saturated rings. The summed E-state index contributed by atoms with van der Waals surface area (Å²) in [5.74, 6) is 0.206. The van der Waals surface area contributed by atoms with Crippen LogP contribution < -0.4 is 0 Å². The summed E-state index contributed by atoms with van der Waals surface area (Å²) in [7, 11) is -3.13. The summed E-state index contributed by atoms with van der Waals surface area (Å²) in [5, 5.41) is 11.4. The molecular weight excluding hydrogens is 312 g/mol. The molecule has 1 aliphatic rings.